The number of nitrogens with zero attached hydrogens (tertiary/aromatic N) is 1. The summed E-state index contributed by atoms with van der Waals surface area (Å²) < 4.78 is 5.40. The summed E-state index contributed by atoms with van der Waals surface area (Å²) in [5.74, 6) is 0.941. The third-order valence-electron chi connectivity index (χ3n) is 4.53. The monoisotopic (exact) mass is 320 g/mol. The third-order valence-corrected chi connectivity index (χ3v) is 4.53. The van der Waals surface area contributed by atoms with Crippen molar-refractivity contribution in [1.29, 1.82) is 0 Å². The number of carbonyl (C=O) groups excluding carboxylic acids is 1. The van der Waals surface area contributed by atoms with Crippen LogP contribution < -0.4 is 10.1 Å². The zero-order chi connectivity index (χ0) is 16.5. The van der Waals surface area contributed by atoms with Crippen molar-refractivity contribution in [2.45, 2.75) is 25.0 Å². The lowest BCUT2D eigenvalue weighted by atomic mass is 10.1. The van der Waals surface area contributed by atoms with Crippen LogP contribution >= 0.6 is 0 Å². The highest BCUT2D eigenvalue weighted by Gasteiger charge is 2.40. The molecule has 0 unspecified atom stereocenters. The lowest BCUT2D eigenvalue weighted by Crippen LogP contribution is -2.48. The van der Waals surface area contributed by atoms with Crippen molar-refractivity contribution in [2.75, 3.05) is 12.4 Å². The van der Waals surface area contributed by atoms with E-state index in [1.807, 2.05) is 65.6 Å². The molecular weight excluding hydrogens is 300 g/mol. The highest BCUT2D eigenvalue weighted by atomic mass is 16.5. The second kappa shape index (κ2) is 6.04. The molecular formula is C20H20N2O2. The van der Waals surface area contributed by atoms with E-state index in [1.54, 1.807) is 7.11 Å². The fourth-order valence-electron chi connectivity index (χ4n) is 3.18. The number of fused-ring (bicyclic) bond motifs is 1. The Morgan fingerprint density at radius 2 is 1.88 bits per heavy atom. The molecule has 24 heavy (non-hydrogen) atoms. The molecule has 0 bridgehead atoms. The van der Waals surface area contributed by atoms with Gasteiger partial charge >= 0.3 is 0 Å². The topological polar surface area (TPSA) is 41.6 Å². The Balaban J connectivity index is 1.66. The fraction of sp³-hybridized carbons (Fsp3) is 0.250. The first kappa shape index (κ1) is 14.8. The zero-order valence-corrected chi connectivity index (χ0v) is 13.6. The Labute approximate surface area is 141 Å². The quantitative estimate of drug-likeness (QED) is 0.932. The predicted molar refractivity (Wildman–Crippen MR) is 95.1 cm³/mol. The van der Waals surface area contributed by atoms with E-state index < -0.39 is 0 Å². The van der Waals surface area contributed by atoms with E-state index in [9.17, 15) is 4.79 Å². The Morgan fingerprint density at radius 3 is 2.67 bits per heavy atom. The van der Waals surface area contributed by atoms with E-state index in [4.69, 9.17) is 4.74 Å². The average molecular weight is 320 g/mol. The van der Waals surface area contributed by atoms with E-state index in [0.29, 0.717) is 6.04 Å². The number of para-hydroxylation sites is 2. The van der Waals surface area contributed by atoms with Crippen LogP contribution in [-0.2, 0) is 0 Å². The van der Waals surface area contributed by atoms with Gasteiger partial charge in [-0.25, -0.2) is 0 Å². The van der Waals surface area contributed by atoms with Gasteiger partial charge in [0.15, 0.2) is 0 Å². The summed E-state index contributed by atoms with van der Waals surface area (Å²) in [7, 11) is 1.67. The van der Waals surface area contributed by atoms with Gasteiger partial charge in [0.2, 0.25) is 0 Å². The number of ether oxygens (including phenoxy) is 1. The largest absolute Gasteiger partial charge is 0.496 e. The molecule has 4 rings (SSSR count). The molecule has 1 heterocycles. The molecule has 1 aliphatic heterocycles. The molecule has 1 saturated carbocycles. The van der Waals surface area contributed by atoms with Gasteiger partial charge in [0.25, 0.3) is 5.91 Å². The summed E-state index contributed by atoms with van der Waals surface area (Å²) in [5, 5.41) is 3.48. The van der Waals surface area contributed by atoms with E-state index >= 15 is 0 Å². The maximum absolute atomic E-state index is 12.9. The Kier molecular flexibility index (Phi) is 3.73. The lowest BCUT2D eigenvalue weighted by molar-refractivity contribution is 0.0703. The number of nitrogens with one attached hydrogen (secondary N) is 1. The van der Waals surface area contributed by atoms with Crippen LogP contribution in [0.4, 0.5) is 5.69 Å². The van der Waals surface area contributed by atoms with Crippen molar-refractivity contribution in [1.82, 2.24) is 4.90 Å². The average Bonchev–Trinajstić information content (AvgIpc) is 3.45. The summed E-state index contributed by atoms with van der Waals surface area (Å²) in [6, 6.07) is 15.9. The molecule has 2 aromatic carbocycles. The van der Waals surface area contributed by atoms with Gasteiger partial charge in [-0.1, -0.05) is 36.4 Å². The Bertz CT molecular complexity index is 796. The summed E-state index contributed by atoms with van der Waals surface area (Å²) in [6.45, 7) is 0. The maximum Gasteiger partial charge on any atom is 0.258 e. The van der Waals surface area contributed by atoms with Gasteiger partial charge in [-0.05, 0) is 37.1 Å². The predicted octanol–water partition coefficient (Wildman–Crippen LogP) is 3.76. The van der Waals surface area contributed by atoms with Crippen LogP contribution in [0.25, 0.3) is 6.08 Å². The zero-order valence-electron chi connectivity index (χ0n) is 13.6. The molecule has 1 fully saturated rings. The van der Waals surface area contributed by atoms with E-state index in [0.717, 1.165) is 35.4 Å². The first-order valence-electron chi connectivity index (χ1n) is 8.27. The molecule has 1 amide bonds. The van der Waals surface area contributed by atoms with Gasteiger partial charge in [-0.3, -0.25) is 4.79 Å². The fourth-order valence-corrected chi connectivity index (χ4v) is 3.18. The van der Waals surface area contributed by atoms with Crippen LogP contribution in [0.3, 0.4) is 0 Å². The molecule has 0 spiro atoms. The molecule has 0 radical (unpaired) electrons. The Hall–Kier alpha value is -2.75. The second-order valence-corrected chi connectivity index (χ2v) is 6.18. The number of anilines is 1. The van der Waals surface area contributed by atoms with E-state index in [2.05, 4.69) is 5.32 Å². The molecule has 2 aliphatic rings. The van der Waals surface area contributed by atoms with Crippen LogP contribution in [-0.4, -0.2) is 30.1 Å². The summed E-state index contributed by atoms with van der Waals surface area (Å²) in [6.07, 6.45) is 6.09. The van der Waals surface area contributed by atoms with Crippen LogP contribution in [0.5, 0.6) is 5.75 Å². The first-order chi connectivity index (χ1) is 11.8. The maximum atomic E-state index is 12.9. The summed E-state index contributed by atoms with van der Waals surface area (Å²) in [5.41, 5.74) is 2.66. The van der Waals surface area contributed by atoms with Gasteiger partial charge < -0.3 is 15.0 Å². The minimum atomic E-state index is -0.134. The lowest BCUT2D eigenvalue weighted by Gasteiger charge is -2.36. The summed E-state index contributed by atoms with van der Waals surface area (Å²) >= 11 is 0. The van der Waals surface area contributed by atoms with Crippen molar-refractivity contribution < 1.29 is 9.53 Å². The van der Waals surface area contributed by atoms with Crippen molar-refractivity contribution in [3.05, 3.63) is 65.7 Å². The van der Waals surface area contributed by atoms with Gasteiger partial charge in [-0.15, -0.1) is 0 Å². The SMILES string of the molecule is COc1ccccc1/C=C/[C@@H]1Nc2ccccc2C(=O)N1C1CC1. The molecule has 2 aromatic rings. The van der Waals surface area contributed by atoms with E-state index in [-0.39, 0.29) is 12.1 Å². The number of amides is 1. The standard InChI is InChI=1S/C20H20N2O2/c1-24-18-9-5-2-6-14(18)10-13-19-21-17-8-4-3-7-16(17)20(23)22(19)15-11-12-15/h2-10,13,15,19,21H,11-12H2,1H3/b13-10+/t19-/m1/s1. The molecule has 4 heteroatoms. The summed E-state index contributed by atoms with van der Waals surface area (Å²) in [4.78, 5) is 14.8. The minimum absolute atomic E-state index is 0.113. The molecule has 0 saturated heterocycles. The smallest absolute Gasteiger partial charge is 0.258 e. The highest BCUT2D eigenvalue weighted by molar-refractivity contribution is 6.02. The normalized spacial score (nSPS) is 20.0. The van der Waals surface area contributed by atoms with Crippen molar-refractivity contribution in [3.63, 3.8) is 0 Å². The number of methoxy groups -OCH3 is 1. The van der Waals surface area contributed by atoms with Gasteiger partial charge in [0.05, 0.1) is 12.7 Å². The molecule has 4 nitrogen and oxygen atoms in total. The second-order valence-electron chi connectivity index (χ2n) is 6.18. The van der Waals surface area contributed by atoms with E-state index in [1.165, 1.54) is 0 Å². The molecule has 0 aromatic heterocycles. The van der Waals surface area contributed by atoms with Gasteiger partial charge in [0, 0.05) is 17.3 Å². The van der Waals surface area contributed by atoms with Crippen molar-refractivity contribution in [3.8, 4) is 5.75 Å². The van der Waals surface area contributed by atoms with Crippen molar-refractivity contribution in [2.24, 2.45) is 0 Å². The number of benzene rings is 2. The molecule has 1 atom stereocenters. The van der Waals surface area contributed by atoms with Crippen LogP contribution in [0.1, 0.15) is 28.8 Å². The first-order valence-corrected chi connectivity index (χ1v) is 8.27. The molecule has 1 aliphatic carbocycles. The number of carbonyl (C=O) groups is 1. The van der Waals surface area contributed by atoms with Gasteiger partial charge in [0.1, 0.15) is 11.9 Å². The van der Waals surface area contributed by atoms with Crippen molar-refractivity contribution >= 4 is 17.7 Å². The number of rotatable bonds is 4. The number of hydrogen-bond acceptors (Lipinski definition) is 3. The minimum Gasteiger partial charge on any atom is -0.496 e. The molecule has 1 N–H and O–H groups in total. The Morgan fingerprint density at radius 1 is 1.12 bits per heavy atom. The van der Waals surface area contributed by atoms with Crippen LogP contribution in [0, 0.1) is 0 Å². The third kappa shape index (κ3) is 2.64. The van der Waals surface area contributed by atoms with Crippen LogP contribution in [0.2, 0.25) is 0 Å². The molecule has 122 valence electrons. The number of hydrogen-bond donors (Lipinski definition) is 1. The highest BCUT2D eigenvalue weighted by Crippen LogP contribution is 2.35. The van der Waals surface area contributed by atoms with Gasteiger partial charge in [-0.2, -0.15) is 0 Å². The van der Waals surface area contributed by atoms with Crippen LogP contribution in [0.15, 0.2) is 54.6 Å².